The molecule has 0 aliphatic rings. The van der Waals surface area contributed by atoms with E-state index in [1.54, 1.807) is 0 Å². The third-order valence-electron chi connectivity index (χ3n) is 2.50. The minimum atomic E-state index is -0.640. The first-order valence-corrected chi connectivity index (χ1v) is 5.77. The molecular weight excluding hydrogens is 266 g/mol. The van der Waals surface area contributed by atoms with Crippen LogP contribution >= 0.6 is 0 Å². The SMILES string of the molecule is NNc1ccc(C(=O)NCCCC(N)=O)cc1[N+](=O)[O-]. The van der Waals surface area contributed by atoms with Crippen LogP contribution in [0.5, 0.6) is 0 Å². The van der Waals surface area contributed by atoms with Gasteiger partial charge >= 0.3 is 0 Å². The highest BCUT2D eigenvalue weighted by Gasteiger charge is 2.16. The highest BCUT2D eigenvalue weighted by Crippen LogP contribution is 2.24. The van der Waals surface area contributed by atoms with E-state index >= 15 is 0 Å². The number of carbonyl (C=O) groups excluding carboxylic acids is 2. The van der Waals surface area contributed by atoms with Gasteiger partial charge < -0.3 is 16.5 Å². The lowest BCUT2D eigenvalue weighted by Crippen LogP contribution is -2.25. The monoisotopic (exact) mass is 281 g/mol. The number of nitrogens with zero attached hydrogens (tertiary/aromatic N) is 1. The molecule has 20 heavy (non-hydrogen) atoms. The molecule has 0 unspecified atom stereocenters. The Morgan fingerprint density at radius 3 is 2.60 bits per heavy atom. The third kappa shape index (κ3) is 4.21. The molecule has 9 heteroatoms. The molecule has 0 bridgehead atoms. The summed E-state index contributed by atoms with van der Waals surface area (Å²) in [6, 6.07) is 3.88. The predicted molar refractivity (Wildman–Crippen MR) is 71.7 cm³/mol. The van der Waals surface area contributed by atoms with Gasteiger partial charge in [0.1, 0.15) is 5.69 Å². The number of nitro groups is 1. The van der Waals surface area contributed by atoms with Crippen molar-refractivity contribution in [3.8, 4) is 0 Å². The Hall–Kier alpha value is -2.68. The van der Waals surface area contributed by atoms with Crippen molar-refractivity contribution in [3.63, 3.8) is 0 Å². The first-order chi connectivity index (χ1) is 9.45. The van der Waals surface area contributed by atoms with Gasteiger partial charge in [0.25, 0.3) is 11.6 Å². The van der Waals surface area contributed by atoms with Gasteiger partial charge in [0, 0.05) is 24.6 Å². The van der Waals surface area contributed by atoms with E-state index in [4.69, 9.17) is 11.6 Å². The van der Waals surface area contributed by atoms with Gasteiger partial charge in [0.05, 0.1) is 4.92 Å². The molecule has 1 rings (SSSR count). The van der Waals surface area contributed by atoms with Gasteiger partial charge in [-0.15, -0.1) is 0 Å². The van der Waals surface area contributed by atoms with Crippen LogP contribution < -0.4 is 22.3 Å². The molecule has 0 aromatic heterocycles. The van der Waals surface area contributed by atoms with Crippen LogP contribution in [0.25, 0.3) is 0 Å². The average molecular weight is 281 g/mol. The van der Waals surface area contributed by atoms with Gasteiger partial charge in [0.15, 0.2) is 0 Å². The van der Waals surface area contributed by atoms with Gasteiger partial charge in [-0.1, -0.05) is 0 Å². The van der Waals surface area contributed by atoms with Crippen molar-refractivity contribution in [1.29, 1.82) is 0 Å². The highest BCUT2D eigenvalue weighted by atomic mass is 16.6. The highest BCUT2D eigenvalue weighted by molar-refractivity contribution is 5.95. The third-order valence-corrected chi connectivity index (χ3v) is 2.50. The summed E-state index contributed by atoms with van der Waals surface area (Å²) < 4.78 is 0. The average Bonchev–Trinajstić information content (AvgIpc) is 2.42. The molecular formula is C11H15N5O4. The molecule has 0 radical (unpaired) electrons. The van der Waals surface area contributed by atoms with Crippen molar-refractivity contribution in [1.82, 2.24) is 5.32 Å². The lowest BCUT2D eigenvalue weighted by atomic mass is 10.1. The summed E-state index contributed by atoms with van der Waals surface area (Å²) in [5.74, 6) is 4.22. The lowest BCUT2D eigenvalue weighted by Gasteiger charge is -2.06. The van der Waals surface area contributed by atoms with E-state index in [2.05, 4.69) is 10.7 Å². The minimum absolute atomic E-state index is 0.111. The molecule has 6 N–H and O–H groups in total. The van der Waals surface area contributed by atoms with Crippen LogP contribution in [0.15, 0.2) is 18.2 Å². The van der Waals surface area contributed by atoms with Crippen molar-refractivity contribution in [2.24, 2.45) is 11.6 Å². The van der Waals surface area contributed by atoms with Gasteiger partial charge in [0.2, 0.25) is 5.91 Å². The van der Waals surface area contributed by atoms with Crippen LogP contribution in [0.4, 0.5) is 11.4 Å². The van der Waals surface area contributed by atoms with Crippen LogP contribution in [0.1, 0.15) is 23.2 Å². The quantitative estimate of drug-likeness (QED) is 0.236. The summed E-state index contributed by atoms with van der Waals surface area (Å²) in [5, 5.41) is 13.4. The van der Waals surface area contributed by atoms with Gasteiger partial charge in [-0.3, -0.25) is 25.5 Å². The number of nitrogen functional groups attached to an aromatic ring is 1. The second-order valence-electron chi connectivity index (χ2n) is 3.96. The van der Waals surface area contributed by atoms with Crippen molar-refractivity contribution < 1.29 is 14.5 Å². The number of amides is 2. The van der Waals surface area contributed by atoms with E-state index < -0.39 is 16.7 Å². The maximum Gasteiger partial charge on any atom is 0.294 e. The molecule has 1 aromatic carbocycles. The van der Waals surface area contributed by atoms with Crippen LogP contribution in [-0.2, 0) is 4.79 Å². The number of rotatable bonds is 7. The van der Waals surface area contributed by atoms with E-state index in [1.807, 2.05) is 0 Å². The van der Waals surface area contributed by atoms with Crippen molar-refractivity contribution in [3.05, 3.63) is 33.9 Å². The fraction of sp³-hybridized carbons (Fsp3) is 0.273. The molecule has 1 aromatic rings. The van der Waals surface area contributed by atoms with Crippen LogP contribution in [-0.4, -0.2) is 23.3 Å². The molecule has 0 aliphatic carbocycles. The summed E-state index contributed by atoms with van der Waals surface area (Å²) in [5.41, 5.74) is 7.09. The van der Waals surface area contributed by atoms with Crippen LogP contribution in [0, 0.1) is 10.1 Å². The van der Waals surface area contributed by atoms with Gasteiger partial charge in [-0.05, 0) is 18.6 Å². The Balaban J connectivity index is 2.71. The number of nitro benzene ring substituents is 1. The molecule has 0 spiro atoms. The number of hydrazine groups is 1. The molecule has 0 aliphatic heterocycles. The normalized spacial score (nSPS) is 9.85. The van der Waals surface area contributed by atoms with Gasteiger partial charge in [-0.2, -0.15) is 0 Å². The molecule has 9 nitrogen and oxygen atoms in total. The van der Waals surface area contributed by atoms with Gasteiger partial charge in [-0.25, -0.2) is 0 Å². The summed E-state index contributed by atoms with van der Waals surface area (Å²) in [7, 11) is 0. The number of hydrogen-bond donors (Lipinski definition) is 4. The topological polar surface area (TPSA) is 153 Å². The molecule has 0 saturated carbocycles. The van der Waals surface area contributed by atoms with Crippen LogP contribution in [0.3, 0.4) is 0 Å². The first kappa shape index (κ1) is 15.4. The molecule has 0 atom stereocenters. The number of nitrogens with two attached hydrogens (primary N) is 2. The number of primary amides is 1. The molecule has 0 heterocycles. The maximum atomic E-state index is 11.8. The minimum Gasteiger partial charge on any atom is -0.370 e. The Labute approximate surface area is 114 Å². The Morgan fingerprint density at radius 2 is 2.05 bits per heavy atom. The summed E-state index contributed by atoms with van der Waals surface area (Å²) in [4.78, 5) is 32.5. The smallest absolute Gasteiger partial charge is 0.294 e. The van der Waals surface area contributed by atoms with Crippen molar-refractivity contribution in [2.45, 2.75) is 12.8 Å². The number of hydrogen-bond acceptors (Lipinski definition) is 6. The zero-order chi connectivity index (χ0) is 15.1. The Kier molecular flexibility index (Phi) is 5.42. The zero-order valence-electron chi connectivity index (χ0n) is 10.6. The second-order valence-corrected chi connectivity index (χ2v) is 3.96. The first-order valence-electron chi connectivity index (χ1n) is 5.77. The van der Waals surface area contributed by atoms with Crippen LogP contribution in [0.2, 0.25) is 0 Å². The van der Waals surface area contributed by atoms with E-state index in [-0.39, 0.29) is 29.9 Å². The Bertz CT molecular complexity index is 532. The fourth-order valence-electron chi connectivity index (χ4n) is 1.51. The molecule has 0 saturated heterocycles. The largest absolute Gasteiger partial charge is 0.370 e. The van der Waals surface area contributed by atoms with E-state index in [0.29, 0.717) is 6.42 Å². The number of anilines is 1. The van der Waals surface area contributed by atoms with E-state index in [1.165, 1.54) is 12.1 Å². The second kappa shape index (κ2) is 7.04. The van der Waals surface area contributed by atoms with E-state index in [9.17, 15) is 19.7 Å². The van der Waals surface area contributed by atoms with Crippen molar-refractivity contribution >= 4 is 23.2 Å². The lowest BCUT2D eigenvalue weighted by molar-refractivity contribution is -0.384. The maximum absolute atomic E-state index is 11.8. The molecule has 108 valence electrons. The number of benzene rings is 1. The predicted octanol–water partition coefficient (Wildman–Crippen LogP) is -0.124. The molecule has 2 amide bonds. The molecule has 0 fully saturated rings. The number of carbonyl (C=O) groups is 2. The number of nitrogens with one attached hydrogen (secondary N) is 2. The zero-order valence-corrected chi connectivity index (χ0v) is 10.6. The standard InChI is InChI=1S/C11H15N5O4/c12-10(17)2-1-5-14-11(18)7-3-4-8(15-13)9(6-7)16(19)20/h3-4,6,15H,1-2,5,13H2,(H2,12,17)(H,14,18). The summed E-state index contributed by atoms with van der Waals surface area (Å²) in [6.07, 6.45) is 0.571. The van der Waals surface area contributed by atoms with Crippen molar-refractivity contribution in [2.75, 3.05) is 12.0 Å². The fourth-order valence-corrected chi connectivity index (χ4v) is 1.51. The Morgan fingerprint density at radius 1 is 1.35 bits per heavy atom. The summed E-state index contributed by atoms with van der Waals surface area (Å²) >= 11 is 0. The van der Waals surface area contributed by atoms with E-state index in [0.717, 1.165) is 6.07 Å². The summed E-state index contributed by atoms with van der Waals surface area (Å²) in [6.45, 7) is 0.256.